The summed E-state index contributed by atoms with van der Waals surface area (Å²) in [7, 11) is 0. The molecule has 6 nitrogen and oxygen atoms in total. The second kappa shape index (κ2) is 15.2. The fourth-order valence-corrected chi connectivity index (χ4v) is 4.01. The number of nitrogens with one attached hydrogen (secondary N) is 2. The van der Waals surface area contributed by atoms with Crippen molar-refractivity contribution < 1.29 is 14.4 Å². The predicted molar refractivity (Wildman–Crippen MR) is 141 cm³/mol. The first-order chi connectivity index (χ1) is 16.2. The molecular formula is C27H36BrN3O3. The van der Waals surface area contributed by atoms with Gasteiger partial charge in [0, 0.05) is 10.5 Å². The molecule has 2 aromatic carbocycles. The molecule has 1 aliphatic rings. The van der Waals surface area contributed by atoms with Gasteiger partial charge in [0.05, 0.1) is 0 Å². The van der Waals surface area contributed by atoms with Gasteiger partial charge in [-0.1, -0.05) is 90.8 Å². The Morgan fingerprint density at radius 3 is 1.85 bits per heavy atom. The lowest BCUT2D eigenvalue weighted by molar-refractivity contribution is -0.148. The Morgan fingerprint density at radius 1 is 0.971 bits per heavy atom. The molecule has 0 bridgehead atoms. The van der Waals surface area contributed by atoms with Crippen molar-refractivity contribution in [3.8, 4) is 0 Å². The average Bonchev–Trinajstić information content (AvgIpc) is 2.78. The van der Waals surface area contributed by atoms with Crippen molar-refractivity contribution >= 4 is 33.8 Å². The Morgan fingerprint density at radius 2 is 1.47 bits per heavy atom. The predicted octanol–water partition coefficient (Wildman–Crippen LogP) is 5.38. The molecule has 0 aromatic heterocycles. The van der Waals surface area contributed by atoms with Crippen molar-refractivity contribution in [3.63, 3.8) is 0 Å². The van der Waals surface area contributed by atoms with E-state index in [2.05, 4.69) is 45.3 Å². The summed E-state index contributed by atoms with van der Waals surface area (Å²) in [6.07, 6.45) is 4.36. The summed E-state index contributed by atoms with van der Waals surface area (Å²) in [6, 6.07) is 19.8. The number of nitrogens with two attached hydrogens (primary N) is 1. The van der Waals surface area contributed by atoms with Gasteiger partial charge in [-0.3, -0.25) is 20.2 Å². The molecule has 0 radical (unpaired) electrons. The third kappa shape index (κ3) is 9.23. The molecule has 3 rings (SSSR count). The summed E-state index contributed by atoms with van der Waals surface area (Å²) in [5.41, 5.74) is 5.74. The lowest BCUT2D eigenvalue weighted by Crippen LogP contribution is -2.64. The lowest BCUT2D eigenvalue weighted by Gasteiger charge is -2.37. The fourth-order valence-electron chi connectivity index (χ4n) is 3.71. The van der Waals surface area contributed by atoms with Crippen LogP contribution in [0, 0.1) is 11.3 Å². The number of carbonyl (C=O) groups is 3. The monoisotopic (exact) mass is 529 g/mol. The summed E-state index contributed by atoms with van der Waals surface area (Å²) in [4.78, 5) is 35.1. The molecule has 184 valence electrons. The highest BCUT2D eigenvalue weighted by Crippen LogP contribution is 2.37. The molecule has 4 N–H and O–H groups in total. The number of rotatable bonds is 7. The molecule has 1 heterocycles. The third-order valence-corrected chi connectivity index (χ3v) is 5.96. The molecule has 2 atom stereocenters. The first kappa shape index (κ1) is 29.3. The first-order valence-corrected chi connectivity index (χ1v) is 12.2. The van der Waals surface area contributed by atoms with Crippen LogP contribution in [0.25, 0.3) is 0 Å². The van der Waals surface area contributed by atoms with Crippen molar-refractivity contribution in [2.24, 2.45) is 17.1 Å². The molecule has 1 saturated heterocycles. The summed E-state index contributed by atoms with van der Waals surface area (Å²) in [6.45, 7) is 9.44. The van der Waals surface area contributed by atoms with Gasteiger partial charge in [0.15, 0.2) is 0 Å². The highest BCUT2D eigenvalue weighted by Gasteiger charge is 2.52. The minimum atomic E-state index is -1.20. The Balaban J connectivity index is 0.000000285. The van der Waals surface area contributed by atoms with Gasteiger partial charge in [-0.25, -0.2) is 4.79 Å². The van der Waals surface area contributed by atoms with E-state index in [9.17, 15) is 14.4 Å². The number of halogens is 1. The average molecular weight is 531 g/mol. The van der Waals surface area contributed by atoms with Crippen LogP contribution in [0.3, 0.4) is 0 Å². The maximum atomic E-state index is 12.0. The van der Waals surface area contributed by atoms with Crippen LogP contribution >= 0.6 is 15.9 Å². The van der Waals surface area contributed by atoms with E-state index in [-0.39, 0.29) is 18.4 Å². The zero-order chi connectivity index (χ0) is 25.6. The zero-order valence-corrected chi connectivity index (χ0v) is 21.8. The largest absolute Gasteiger partial charge is 0.328 e. The third-order valence-electron chi connectivity index (χ3n) is 5.43. The van der Waals surface area contributed by atoms with E-state index in [1.54, 1.807) is 6.08 Å². The van der Waals surface area contributed by atoms with Crippen molar-refractivity contribution in [1.29, 1.82) is 0 Å². The van der Waals surface area contributed by atoms with Crippen LogP contribution in [0.15, 0.2) is 77.8 Å². The minimum absolute atomic E-state index is 0.140. The van der Waals surface area contributed by atoms with Crippen molar-refractivity contribution in [1.82, 2.24) is 10.6 Å². The number of urea groups is 1. The summed E-state index contributed by atoms with van der Waals surface area (Å²) in [5, 5.41) is 4.33. The number of amides is 4. The standard InChI is InChI=1S/C12H18N2O3.C9H13N.C6H5Br/c1-4-6-8(3)12(7-5-2)9(15)13-11(17)14-10(12)16;1-8(10)7-9-5-3-2-4-6-9;7-6-4-2-1-3-5-6/h5,8H,2,4,6-7H2,1,3H3,(H2,13,14,15,16,17);2-6,8H,7,10H2,1H3;1-5H. The maximum Gasteiger partial charge on any atom is 0.328 e. The molecule has 2 unspecified atom stereocenters. The molecule has 7 heteroatoms. The van der Waals surface area contributed by atoms with Crippen molar-refractivity contribution in [2.45, 2.75) is 52.5 Å². The topological polar surface area (TPSA) is 101 Å². The molecule has 0 aliphatic carbocycles. The molecular weight excluding hydrogens is 494 g/mol. The second-order valence-corrected chi connectivity index (χ2v) is 9.27. The quantitative estimate of drug-likeness (QED) is 0.331. The number of benzene rings is 2. The van der Waals surface area contributed by atoms with Gasteiger partial charge in [0.2, 0.25) is 11.8 Å². The van der Waals surface area contributed by atoms with E-state index in [0.717, 1.165) is 23.7 Å². The smallest absolute Gasteiger partial charge is 0.328 e. The van der Waals surface area contributed by atoms with Gasteiger partial charge < -0.3 is 5.73 Å². The first-order valence-electron chi connectivity index (χ1n) is 11.4. The molecule has 2 aromatic rings. The molecule has 1 fully saturated rings. The van der Waals surface area contributed by atoms with Crippen molar-refractivity contribution in [2.75, 3.05) is 0 Å². The van der Waals surface area contributed by atoms with Crippen LogP contribution in [0.5, 0.6) is 0 Å². The van der Waals surface area contributed by atoms with Crippen LogP contribution in [0.2, 0.25) is 0 Å². The normalized spacial score (nSPS) is 15.9. The second-order valence-electron chi connectivity index (χ2n) is 8.35. The van der Waals surface area contributed by atoms with Crippen molar-refractivity contribution in [3.05, 3.63) is 83.4 Å². The Kier molecular flexibility index (Phi) is 13.1. The van der Waals surface area contributed by atoms with Gasteiger partial charge in [0.1, 0.15) is 5.41 Å². The van der Waals surface area contributed by atoms with Crippen LogP contribution in [0.4, 0.5) is 4.79 Å². The molecule has 0 spiro atoms. The minimum Gasteiger partial charge on any atom is -0.328 e. The van der Waals surface area contributed by atoms with E-state index < -0.39 is 23.3 Å². The van der Waals surface area contributed by atoms with E-state index >= 15 is 0 Å². The SMILES string of the molecule is Brc1ccccc1.C=CCC1(C(C)CCC)C(=O)NC(=O)NC1=O.CC(N)Cc1ccccc1. The summed E-state index contributed by atoms with van der Waals surface area (Å²) in [5.74, 6) is -1.18. The molecule has 4 amide bonds. The number of hydrogen-bond acceptors (Lipinski definition) is 4. The number of barbiturate groups is 1. The molecule has 1 aliphatic heterocycles. The van der Waals surface area contributed by atoms with Gasteiger partial charge in [0.25, 0.3) is 0 Å². The molecule has 0 saturated carbocycles. The lowest BCUT2D eigenvalue weighted by atomic mass is 9.69. The Labute approximate surface area is 211 Å². The van der Waals surface area contributed by atoms with Gasteiger partial charge in [-0.2, -0.15) is 0 Å². The van der Waals surface area contributed by atoms with Crippen LogP contribution in [-0.4, -0.2) is 23.9 Å². The maximum absolute atomic E-state index is 12.0. The Hall–Kier alpha value is -2.77. The van der Waals surface area contributed by atoms with Crippen LogP contribution in [0.1, 0.15) is 45.6 Å². The highest BCUT2D eigenvalue weighted by molar-refractivity contribution is 9.10. The van der Waals surface area contributed by atoms with Gasteiger partial charge >= 0.3 is 6.03 Å². The van der Waals surface area contributed by atoms with E-state index in [0.29, 0.717) is 0 Å². The van der Waals surface area contributed by atoms with Crippen LogP contribution in [-0.2, 0) is 16.0 Å². The number of hydrogen-bond donors (Lipinski definition) is 3. The molecule has 34 heavy (non-hydrogen) atoms. The number of carbonyl (C=O) groups excluding carboxylic acids is 3. The van der Waals surface area contributed by atoms with Gasteiger partial charge in [-0.15, -0.1) is 6.58 Å². The van der Waals surface area contributed by atoms with Crippen LogP contribution < -0.4 is 16.4 Å². The highest BCUT2D eigenvalue weighted by atomic mass is 79.9. The zero-order valence-electron chi connectivity index (χ0n) is 20.2. The number of imide groups is 2. The van der Waals surface area contributed by atoms with Gasteiger partial charge in [-0.05, 0) is 49.8 Å². The van der Waals surface area contributed by atoms with E-state index in [1.807, 2.05) is 69.3 Å². The van der Waals surface area contributed by atoms with E-state index in [1.165, 1.54) is 5.56 Å². The Bertz CT molecular complexity index is 897. The summed E-state index contributed by atoms with van der Waals surface area (Å²) < 4.78 is 1.13. The summed E-state index contributed by atoms with van der Waals surface area (Å²) >= 11 is 3.31. The number of allylic oxidation sites excluding steroid dienone is 1. The fraction of sp³-hybridized carbons (Fsp3) is 0.370. The van der Waals surface area contributed by atoms with E-state index in [4.69, 9.17) is 5.73 Å².